The Morgan fingerprint density at radius 3 is 2.29 bits per heavy atom. The van der Waals surface area contributed by atoms with E-state index in [1.807, 2.05) is 5.32 Å². The summed E-state index contributed by atoms with van der Waals surface area (Å²) in [5, 5.41) is 4.46. The Kier molecular flexibility index (Phi) is 4.53. The first-order valence-electron chi connectivity index (χ1n) is 4.73. The lowest BCUT2D eigenvalue weighted by atomic mass is 10.3. The Balaban J connectivity index is 2.53. The third-order valence-corrected chi connectivity index (χ3v) is 1.81. The molecule has 4 N–H and O–H groups in total. The fourth-order valence-electron chi connectivity index (χ4n) is 1.10. The van der Waals surface area contributed by atoms with Crippen molar-refractivity contribution in [3.05, 3.63) is 29.8 Å². The van der Waals surface area contributed by atoms with Crippen LogP contribution in [0.25, 0.3) is 0 Å². The first-order valence-corrected chi connectivity index (χ1v) is 4.73. The summed E-state index contributed by atoms with van der Waals surface area (Å²) in [4.78, 5) is 21.6. The van der Waals surface area contributed by atoms with Gasteiger partial charge in [0.2, 0.25) is 11.8 Å². The predicted octanol–water partition coefficient (Wildman–Crippen LogP) is -0.0218. The number of hydrogen-bond donors (Lipinski definition) is 3. The Bertz CT molecular complexity index is 417. The van der Waals surface area contributed by atoms with Crippen LogP contribution >= 0.6 is 0 Å². The lowest BCUT2D eigenvalue weighted by molar-refractivity contribution is -0.117. The molecule has 0 aliphatic carbocycles. The van der Waals surface area contributed by atoms with Gasteiger partial charge in [-0.3, -0.25) is 14.9 Å². The molecule has 0 aromatic heterocycles. The first-order chi connectivity index (χ1) is 8.00. The zero-order valence-electron chi connectivity index (χ0n) is 8.80. The molecule has 17 heavy (non-hydrogen) atoms. The van der Waals surface area contributed by atoms with Gasteiger partial charge in [0, 0.05) is 0 Å². The Morgan fingerprint density at radius 2 is 1.76 bits per heavy atom. The van der Waals surface area contributed by atoms with Gasteiger partial charge in [-0.2, -0.15) is 0 Å². The fourth-order valence-corrected chi connectivity index (χ4v) is 1.10. The molecule has 5 nitrogen and oxygen atoms in total. The van der Waals surface area contributed by atoms with E-state index in [2.05, 4.69) is 5.32 Å². The average molecular weight is 243 g/mol. The zero-order valence-corrected chi connectivity index (χ0v) is 8.80. The molecule has 0 fully saturated rings. The largest absolute Gasteiger partial charge is 0.369 e. The maximum atomic E-state index is 13.1. The normalized spacial score (nSPS) is 10.0. The first kappa shape index (κ1) is 13.0. The minimum absolute atomic E-state index is 0.187. The number of anilines is 1. The van der Waals surface area contributed by atoms with Crippen LogP contribution in [-0.4, -0.2) is 24.9 Å². The number of amides is 2. The minimum atomic E-state index is -0.867. The number of carbonyl (C=O) groups is 2. The zero-order chi connectivity index (χ0) is 12.8. The Labute approximate surface area is 96.0 Å². The fraction of sp³-hybridized carbons (Fsp3) is 0.200. The molecule has 0 aliphatic rings. The van der Waals surface area contributed by atoms with Crippen molar-refractivity contribution in [2.45, 2.75) is 0 Å². The number of para-hydroxylation sites is 1. The van der Waals surface area contributed by atoms with E-state index >= 15 is 0 Å². The number of halogens is 2. The second-order valence-corrected chi connectivity index (χ2v) is 3.21. The van der Waals surface area contributed by atoms with E-state index in [1.54, 1.807) is 0 Å². The van der Waals surface area contributed by atoms with Crippen LogP contribution in [0.5, 0.6) is 0 Å². The SMILES string of the molecule is NC(=O)CNCC(=O)Nc1c(F)cccc1F. The van der Waals surface area contributed by atoms with Crippen LogP contribution in [0.2, 0.25) is 0 Å². The number of nitrogens with one attached hydrogen (secondary N) is 2. The van der Waals surface area contributed by atoms with Crippen molar-refractivity contribution in [2.75, 3.05) is 18.4 Å². The van der Waals surface area contributed by atoms with Crippen molar-refractivity contribution in [3.8, 4) is 0 Å². The summed E-state index contributed by atoms with van der Waals surface area (Å²) in [6.45, 7) is -0.454. The van der Waals surface area contributed by atoms with Gasteiger partial charge < -0.3 is 11.1 Å². The summed E-state index contributed by atoms with van der Waals surface area (Å²) in [7, 11) is 0. The van der Waals surface area contributed by atoms with Crippen molar-refractivity contribution < 1.29 is 18.4 Å². The molecule has 0 saturated carbocycles. The number of hydrogen-bond acceptors (Lipinski definition) is 3. The molecule has 1 rings (SSSR count). The standard InChI is InChI=1S/C10H11F2N3O2/c11-6-2-1-3-7(12)10(6)15-9(17)5-14-4-8(13)16/h1-3,14H,4-5H2,(H2,13,16)(H,15,17). The highest BCUT2D eigenvalue weighted by molar-refractivity contribution is 5.92. The summed E-state index contributed by atoms with van der Waals surface area (Å²) < 4.78 is 26.2. The second kappa shape index (κ2) is 5.90. The van der Waals surface area contributed by atoms with Gasteiger partial charge in [-0.25, -0.2) is 8.78 Å². The summed E-state index contributed by atoms with van der Waals surface area (Å²) in [5.41, 5.74) is 4.31. The molecule has 0 atom stereocenters. The highest BCUT2D eigenvalue weighted by Crippen LogP contribution is 2.17. The molecule has 0 unspecified atom stereocenters. The molecule has 7 heteroatoms. The van der Waals surface area contributed by atoms with Crippen molar-refractivity contribution in [2.24, 2.45) is 5.73 Å². The predicted molar refractivity (Wildman–Crippen MR) is 57.1 cm³/mol. The van der Waals surface area contributed by atoms with Gasteiger partial charge in [0.15, 0.2) is 0 Å². The van der Waals surface area contributed by atoms with Crippen LogP contribution in [-0.2, 0) is 9.59 Å². The van der Waals surface area contributed by atoms with Crippen LogP contribution < -0.4 is 16.4 Å². The summed E-state index contributed by atoms with van der Waals surface area (Å²) in [6.07, 6.45) is 0. The van der Waals surface area contributed by atoms with Gasteiger partial charge in [0.05, 0.1) is 13.1 Å². The van der Waals surface area contributed by atoms with Crippen molar-refractivity contribution in [3.63, 3.8) is 0 Å². The monoisotopic (exact) mass is 243 g/mol. The minimum Gasteiger partial charge on any atom is -0.369 e. The van der Waals surface area contributed by atoms with Crippen LogP contribution in [0.4, 0.5) is 14.5 Å². The lowest BCUT2D eigenvalue weighted by Crippen LogP contribution is -2.35. The molecule has 1 aromatic rings. The number of rotatable bonds is 5. The number of nitrogens with two attached hydrogens (primary N) is 1. The highest BCUT2D eigenvalue weighted by Gasteiger charge is 2.11. The number of carbonyl (C=O) groups excluding carboxylic acids is 2. The molecule has 2 amide bonds. The van der Waals surface area contributed by atoms with Crippen LogP contribution in [0.3, 0.4) is 0 Å². The molecule has 0 radical (unpaired) electrons. The quantitative estimate of drug-likeness (QED) is 0.679. The molecule has 0 aliphatic heterocycles. The molecular formula is C10H11F2N3O2. The van der Waals surface area contributed by atoms with Crippen LogP contribution in [0.1, 0.15) is 0 Å². The number of benzene rings is 1. The maximum Gasteiger partial charge on any atom is 0.238 e. The van der Waals surface area contributed by atoms with E-state index in [1.165, 1.54) is 6.07 Å². The molecule has 1 aromatic carbocycles. The van der Waals surface area contributed by atoms with E-state index < -0.39 is 29.1 Å². The average Bonchev–Trinajstić information content (AvgIpc) is 2.23. The molecule has 0 bridgehead atoms. The van der Waals surface area contributed by atoms with E-state index in [4.69, 9.17) is 5.73 Å². The van der Waals surface area contributed by atoms with Crippen molar-refractivity contribution in [1.29, 1.82) is 0 Å². The summed E-state index contributed by atoms with van der Waals surface area (Å²) in [5.74, 6) is -3.04. The van der Waals surface area contributed by atoms with E-state index in [-0.39, 0.29) is 13.1 Å². The van der Waals surface area contributed by atoms with Gasteiger partial charge in [-0.05, 0) is 12.1 Å². The van der Waals surface area contributed by atoms with E-state index in [0.29, 0.717) is 0 Å². The molecule has 0 spiro atoms. The van der Waals surface area contributed by atoms with E-state index in [9.17, 15) is 18.4 Å². The summed E-state index contributed by atoms with van der Waals surface area (Å²) >= 11 is 0. The molecule has 92 valence electrons. The third-order valence-electron chi connectivity index (χ3n) is 1.81. The van der Waals surface area contributed by atoms with Crippen LogP contribution in [0, 0.1) is 11.6 Å². The van der Waals surface area contributed by atoms with Gasteiger partial charge in [0.1, 0.15) is 17.3 Å². The van der Waals surface area contributed by atoms with Gasteiger partial charge in [-0.15, -0.1) is 0 Å². The molecule has 0 heterocycles. The Hall–Kier alpha value is -2.02. The summed E-state index contributed by atoms with van der Waals surface area (Å²) in [6, 6.07) is 3.23. The molecular weight excluding hydrogens is 232 g/mol. The van der Waals surface area contributed by atoms with E-state index in [0.717, 1.165) is 12.1 Å². The lowest BCUT2D eigenvalue weighted by Gasteiger charge is -2.07. The number of primary amides is 1. The van der Waals surface area contributed by atoms with Gasteiger partial charge in [0.25, 0.3) is 0 Å². The topological polar surface area (TPSA) is 84.2 Å². The van der Waals surface area contributed by atoms with Gasteiger partial charge >= 0.3 is 0 Å². The van der Waals surface area contributed by atoms with Crippen LogP contribution in [0.15, 0.2) is 18.2 Å². The smallest absolute Gasteiger partial charge is 0.238 e. The third kappa shape index (κ3) is 4.15. The maximum absolute atomic E-state index is 13.1. The molecule has 0 saturated heterocycles. The highest BCUT2D eigenvalue weighted by atomic mass is 19.1. The second-order valence-electron chi connectivity index (χ2n) is 3.21. The van der Waals surface area contributed by atoms with Crippen molar-refractivity contribution in [1.82, 2.24) is 5.32 Å². The van der Waals surface area contributed by atoms with Crippen molar-refractivity contribution >= 4 is 17.5 Å². The van der Waals surface area contributed by atoms with Gasteiger partial charge in [-0.1, -0.05) is 6.07 Å². The Morgan fingerprint density at radius 1 is 1.18 bits per heavy atom.